The van der Waals surface area contributed by atoms with Crippen LogP contribution in [0, 0.1) is 5.92 Å². The van der Waals surface area contributed by atoms with Gasteiger partial charge in [-0.3, -0.25) is 4.79 Å². The predicted molar refractivity (Wildman–Crippen MR) is 131 cm³/mol. The van der Waals surface area contributed by atoms with Gasteiger partial charge in [-0.1, -0.05) is 12.1 Å². The number of halogens is 1. The number of likely N-dealkylation sites (tertiary alicyclic amines) is 1. The van der Waals surface area contributed by atoms with Gasteiger partial charge in [0.2, 0.25) is 0 Å². The molecule has 0 atom stereocenters. The molecule has 1 fully saturated rings. The number of Topliss-reactive ketones (excluding diaryl/α,β-unsaturated/α-hetero) is 1. The van der Waals surface area contributed by atoms with E-state index in [9.17, 15) is 4.79 Å². The van der Waals surface area contributed by atoms with Crippen LogP contribution in [0.3, 0.4) is 0 Å². The number of ether oxygens (including phenoxy) is 3. The average molecular weight is 504 g/mol. The summed E-state index contributed by atoms with van der Waals surface area (Å²) in [5.41, 5.74) is 3.19. The monoisotopic (exact) mass is 503 g/mol. The van der Waals surface area contributed by atoms with E-state index in [-0.39, 0.29) is 5.78 Å². The number of hydrogen-bond donors (Lipinski definition) is 0. The lowest BCUT2D eigenvalue weighted by molar-refractivity contribution is 0.101. The van der Waals surface area contributed by atoms with Crippen molar-refractivity contribution in [3.8, 4) is 11.5 Å². The van der Waals surface area contributed by atoms with Crippen LogP contribution < -0.4 is 9.47 Å². The Morgan fingerprint density at radius 2 is 1.78 bits per heavy atom. The van der Waals surface area contributed by atoms with Crippen molar-refractivity contribution in [3.05, 3.63) is 57.6 Å². The Bertz CT molecular complexity index is 893. The van der Waals surface area contributed by atoms with Crippen LogP contribution in [-0.4, -0.2) is 57.8 Å². The van der Waals surface area contributed by atoms with Crippen molar-refractivity contribution in [1.82, 2.24) is 4.90 Å². The maximum atomic E-state index is 11.9. The van der Waals surface area contributed by atoms with Gasteiger partial charge in [-0.25, -0.2) is 0 Å². The third kappa shape index (κ3) is 7.06. The van der Waals surface area contributed by atoms with Crippen LogP contribution in [0.25, 0.3) is 0 Å². The van der Waals surface area contributed by atoms with Crippen LogP contribution in [0.1, 0.15) is 41.3 Å². The van der Waals surface area contributed by atoms with Crippen molar-refractivity contribution in [3.63, 3.8) is 0 Å². The van der Waals surface area contributed by atoms with Crippen LogP contribution in [0.15, 0.2) is 40.9 Å². The minimum absolute atomic E-state index is 0.0460. The van der Waals surface area contributed by atoms with Gasteiger partial charge >= 0.3 is 0 Å². The second-order valence-corrected chi connectivity index (χ2v) is 9.29. The summed E-state index contributed by atoms with van der Waals surface area (Å²) in [4.78, 5) is 14.4. The first-order chi connectivity index (χ1) is 15.5. The smallest absolute Gasteiger partial charge is 0.163 e. The Labute approximate surface area is 200 Å². The molecule has 32 heavy (non-hydrogen) atoms. The molecule has 1 aliphatic rings. The molecule has 0 unspecified atom stereocenters. The summed E-state index contributed by atoms with van der Waals surface area (Å²) in [6.07, 6.45) is 4.44. The highest BCUT2D eigenvalue weighted by Crippen LogP contribution is 2.29. The minimum Gasteiger partial charge on any atom is -0.496 e. The van der Waals surface area contributed by atoms with Crippen molar-refractivity contribution >= 4 is 21.7 Å². The molecular formula is C26H34BrNO4. The molecule has 0 saturated carbocycles. The van der Waals surface area contributed by atoms with Gasteiger partial charge in [-0.05, 0) is 103 Å². The number of benzene rings is 2. The summed E-state index contributed by atoms with van der Waals surface area (Å²) in [7, 11) is 3.29. The predicted octanol–water partition coefficient (Wildman–Crippen LogP) is 5.18. The number of carbonyl (C=O) groups excluding carboxylic acids is 1. The van der Waals surface area contributed by atoms with Crippen molar-refractivity contribution in [1.29, 1.82) is 0 Å². The van der Waals surface area contributed by atoms with Gasteiger partial charge in [0.1, 0.15) is 18.1 Å². The maximum Gasteiger partial charge on any atom is 0.163 e. The minimum atomic E-state index is 0.0460. The van der Waals surface area contributed by atoms with E-state index in [0.717, 1.165) is 42.7 Å². The molecule has 2 aromatic carbocycles. The van der Waals surface area contributed by atoms with Crippen LogP contribution in [-0.2, 0) is 17.6 Å². The number of piperidine rings is 1. The van der Waals surface area contributed by atoms with Gasteiger partial charge < -0.3 is 19.1 Å². The summed E-state index contributed by atoms with van der Waals surface area (Å²) >= 11 is 3.57. The van der Waals surface area contributed by atoms with E-state index in [4.69, 9.17) is 14.2 Å². The second kappa shape index (κ2) is 12.4. The van der Waals surface area contributed by atoms with E-state index < -0.39 is 0 Å². The summed E-state index contributed by atoms with van der Waals surface area (Å²) < 4.78 is 17.2. The van der Waals surface area contributed by atoms with E-state index in [1.54, 1.807) is 21.1 Å². The molecule has 2 aromatic rings. The molecule has 1 aliphatic heterocycles. The van der Waals surface area contributed by atoms with E-state index >= 15 is 0 Å². The molecule has 0 aliphatic carbocycles. The van der Waals surface area contributed by atoms with Crippen molar-refractivity contribution < 1.29 is 19.0 Å². The fraction of sp³-hybridized carbons (Fsp3) is 0.500. The third-order valence-corrected chi connectivity index (χ3v) is 6.79. The van der Waals surface area contributed by atoms with E-state index in [2.05, 4.69) is 45.1 Å². The number of carbonyl (C=O) groups is 1. The Morgan fingerprint density at radius 3 is 2.47 bits per heavy atom. The number of ketones is 1. The molecule has 5 nitrogen and oxygen atoms in total. The molecule has 1 saturated heterocycles. The van der Waals surface area contributed by atoms with Crippen LogP contribution in [0.5, 0.6) is 11.5 Å². The van der Waals surface area contributed by atoms with Crippen LogP contribution in [0.2, 0.25) is 0 Å². The third-order valence-electron chi connectivity index (χ3n) is 6.13. The van der Waals surface area contributed by atoms with Crippen molar-refractivity contribution in [2.24, 2.45) is 5.92 Å². The maximum absolute atomic E-state index is 11.9. The SMILES string of the molecule is COCCOc1cc(CC2CCN(CCc3ccc(OC)c(C(C)=O)c3)CC2)ccc1Br. The van der Waals surface area contributed by atoms with E-state index in [1.165, 1.54) is 24.0 Å². The van der Waals surface area contributed by atoms with Gasteiger partial charge in [0.05, 0.1) is 23.8 Å². The average Bonchev–Trinajstić information content (AvgIpc) is 2.80. The molecule has 0 radical (unpaired) electrons. The Kier molecular flexibility index (Phi) is 9.57. The topological polar surface area (TPSA) is 48.0 Å². The fourth-order valence-corrected chi connectivity index (χ4v) is 4.60. The van der Waals surface area contributed by atoms with Gasteiger partial charge in [-0.2, -0.15) is 0 Å². The van der Waals surface area contributed by atoms with Gasteiger partial charge in [0.15, 0.2) is 5.78 Å². The fourth-order valence-electron chi connectivity index (χ4n) is 4.24. The molecule has 3 rings (SSSR count). The molecule has 0 N–H and O–H groups in total. The van der Waals surface area contributed by atoms with Gasteiger partial charge in [0.25, 0.3) is 0 Å². The quantitative estimate of drug-likeness (QED) is 0.312. The zero-order chi connectivity index (χ0) is 22.9. The van der Waals surface area contributed by atoms with Crippen molar-refractivity contribution in [2.75, 3.05) is 47.1 Å². The number of methoxy groups -OCH3 is 2. The lowest BCUT2D eigenvalue weighted by atomic mass is 9.90. The molecule has 0 bridgehead atoms. The van der Waals surface area contributed by atoms with E-state index in [0.29, 0.717) is 30.4 Å². The second-order valence-electron chi connectivity index (χ2n) is 8.44. The summed E-state index contributed by atoms with van der Waals surface area (Å²) in [5.74, 6) is 2.29. The van der Waals surface area contributed by atoms with E-state index in [1.807, 2.05) is 12.1 Å². The summed E-state index contributed by atoms with van der Waals surface area (Å²) in [6.45, 7) is 5.99. The first-order valence-electron chi connectivity index (χ1n) is 11.3. The van der Waals surface area contributed by atoms with Crippen LogP contribution >= 0.6 is 15.9 Å². The van der Waals surface area contributed by atoms with Gasteiger partial charge in [-0.15, -0.1) is 0 Å². The molecule has 0 spiro atoms. The Balaban J connectivity index is 1.47. The Morgan fingerprint density at radius 1 is 1.03 bits per heavy atom. The number of nitrogens with zero attached hydrogens (tertiary/aromatic N) is 1. The molecule has 174 valence electrons. The van der Waals surface area contributed by atoms with Gasteiger partial charge in [0, 0.05) is 13.7 Å². The first-order valence-corrected chi connectivity index (χ1v) is 12.1. The molecule has 6 heteroatoms. The first kappa shape index (κ1) is 24.7. The zero-order valence-corrected chi connectivity index (χ0v) is 20.9. The summed E-state index contributed by atoms with van der Waals surface area (Å²) in [5, 5.41) is 0. The number of rotatable bonds is 11. The number of hydrogen-bond acceptors (Lipinski definition) is 5. The van der Waals surface area contributed by atoms with Crippen LogP contribution in [0.4, 0.5) is 0 Å². The lowest BCUT2D eigenvalue weighted by Crippen LogP contribution is -2.35. The molecule has 1 heterocycles. The zero-order valence-electron chi connectivity index (χ0n) is 19.4. The van der Waals surface area contributed by atoms with Crippen molar-refractivity contribution in [2.45, 2.75) is 32.6 Å². The lowest BCUT2D eigenvalue weighted by Gasteiger charge is -2.32. The summed E-state index contributed by atoms with van der Waals surface area (Å²) in [6, 6.07) is 12.4. The highest BCUT2D eigenvalue weighted by Gasteiger charge is 2.20. The molecular weight excluding hydrogens is 470 g/mol. The standard InChI is InChI=1S/C26H34BrNO4/c1-19(29)23-17-20(5-7-25(23)31-3)8-11-28-12-9-21(10-13-28)16-22-4-6-24(27)26(18-22)32-15-14-30-2/h4-7,17-18,21H,8-16H2,1-3H3. The highest BCUT2D eigenvalue weighted by atomic mass is 79.9. The Hall–Kier alpha value is -1.89. The highest BCUT2D eigenvalue weighted by molar-refractivity contribution is 9.10. The largest absolute Gasteiger partial charge is 0.496 e. The molecule has 0 amide bonds. The molecule has 0 aromatic heterocycles. The normalized spacial score (nSPS) is 15.0.